The second-order valence-electron chi connectivity index (χ2n) is 6.98. The van der Waals surface area contributed by atoms with Crippen LogP contribution in [0.15, 0.2) is 60.7 Å². The van der Waals surface area contributed by atoms with Crippen LogP contribution in [0.1, 0.15) is 43.2 Å². The van der Waals surface area contributed by atoms with Crippen molar-refractivity contribution in [2.24, 2.45) is 0 Å². The average Bonchev–Trinajstić information content (AvgIpc) is 3.14. The Kier molecular flexibility index (Phi) is 4.56. The van der Waals surface area contributed by atoms with Crippen LogP contribution >= 0.6 is 0 Å². The monoisotopic (exact) mass is 309 g/mol. The maximum absolute atomic E-state index is 6.54. The number of epoxide rings is 1. The van der Waals surface area contributed by atoms with Gasteiger partial charge < -0.3 is 10.9 Å². The van der Waals surface area contributed by atoms with Gasteiger partial charge in [0.05, 0.1) is 5.60 Å². The van der Waals surface area contributed by atoms with Crippen LogP contribution in [0.25, 0.3) is 0 Å². The predicted molar refractivity (Wildman–Crippen MR) is 94.9 cm³/mol. The van der Waals surface area contributed by atoms with Gasteiger partial charge in [0.15, 0.2) is 0 Å². The molecule has 122 valence electrons. The Bertz CT molecular complexity index is 575. The topological polar surface area (TPSA) is 47.5 Å². The molecular formula is C21H27NO. The second kappa shape index (κ2) is 6.46. The second-order valence-corrected chi connectivity index (χ2v) is 6.98. The highest BCUT2D eigenvalue weighted by Crippen LogP contribution is 2.59. The van der Waals surface area contributed by atoms with Crippen molar-refractivity contribution in [3.63, 3.8) is 0 Å². The van der Waals surface area contributed by atoms with Crippen LogP contribution < -0.4 is 6.15 Å². The smallest absolute Gasteiger partial charge is 0.106 e. The number of benzene rings is 2. The maximum atomic E-state index is 6.54. The molecule has 0 bridgehead atoms. The van der Waals surface area contributed by atoms with Crippen molar-refractivity contribution < 1.29 is 4.74 Å². The van der Waals surface area contributed by atoms with E-state index >= 15 is 0 Å². The highest BCUT2D eigenvalue weighted by Gasteiger charge is 2.68. The van der Waals surface area contributed by atoms with E-state index in [-0.39, 0.29) is 17.4 Å². The van der Waals surface area contributed by atoms with Crippen molar-refractivity contribution in [1.82, 2.24) is 6.15 Å². The molecule has 3 N–H and O–H groups in total. The van der Waals surface area contributed by atoms with Gasteiger partial charge in [0, 0.05) is 12.8 Å². The third kappa shape index (κ3) is 3.06. The Balaban J connectivity index is 0.00000156. The zero-order valence-electron chi connectivity index (χ0n) is 13.8. The lowest BCUT2D eigenvalue weighted by Gasteiger charge is -2.24. The molecule has 0 amide bonds. The summed E-state index contributed by atoms with van der Waals surface area (Å²) in [5, 5.41) is 0. The van der Waals surface area contributed by atoms with Gasteiger partial charge in [-0.25, -0.2) is 0 Å². The van der Waals surface area contributed by atoms with Crippen molar-refractivity contribution in [1.29, 1.82) is 0 Å². The molecule has 1 aliphatic heterocycles. The minimum Gasteiger partial charge on any atom is -0.362 e. The lowest BCUT2D eigenvalue weighted by atomic mass is 9.75. The van der Waals surface area contributed by atoms with E-state index in [1.54, 1.807) is 0 Å². The highest BCUT2D eigenvalue weighted by atomic mass is 16.6. The number of ether oxygens (including phenoxy) is 1. The molecule has 2 heteroatoms. The number of hydrogen-bond donors (Lipinski definition) is 1. The summed E-state index contributed by atoms with van der Waals surface area (Å²) >= 11 is 0. The van der Waals surface area contributed by atoms with Crippen molar-refractivity contribution in [3.05, 3.63) is 71.8 Å². The fourth-order valence-corrected chi connectivity index (χ4v) is 4.34. The zero-order chi connectivity index (χ0) is 14.9. The summed E-state index contributed by atoms with van der Waals surface area (Å²) in [5.41, 5.74) is 2.98. The molecule has 2 fully saturated rings. The maximum Gasteiger partial charge on any atom is 0.106 e. The average molecular weight is 309 g/mol. The fourth-order valence-electron chi connectivity index (χ4n) is 4.34. The van der Waals surface area contributed by atoms with E-state index in [1.807, 2.05) is 0 Å². The van der Waals surface area contributed by atoms with Crippen LogP contribution in [-0.2, 0) is 17.6 Å². The molecule has 2 aromatic carbocycles. The summed E-state index contributed by atoms with van der Waals surface area (Å²) in [7, 11) is 0. The quantitative estimate of drug-likeness (QED) is 0.798. The van der Waals surface area contributed by atoms with E-state index in [1.165, 1.54) is 43.2 Å². The van der Waals surface area contributed by atoms with E-state index in [2.05, 4.69) is 60.7 Å². The van der Waals surface area contributed by atoms with Gasteiger partial charge in [-0.05, 0) is 24.0 Å². The lowest BCUT2D eigenvalue weighted by Crippen LogP contribution is -2.32. The predicted octanol–water partition coefficient (Wildman–Crippen LogP) is 5.11. The first-order chi connectivity index (χ1) is 10.8. The SMILES string of the molecule is N.c1ccc(CC2(Cc3ccccc3)OC23CCCCC3)cc1. The minimum atomic E-state index is 0. The van der Waals surface area contributed by atoms with Gasteiger partial charge in [0.1, 0.15) is 5.60 Å². The summed E-state index contributed by atoms with van der Waals surface area (Å²) in [6.45, 7) is 0. The molecular weight excluding hydrogens is 282 g/mol. The Hall–Kier alpha value is -1.64. The van der Waals surface area contributed by atoms with Gasteiger partial charge >= 0.3 is 0 Å². The van der Waals surface area contributed by atoms with Gasteiger partial charge in [-0.2, -0.15) is 0 Å². The Morgan fingerprint density at radius 3 is 1.65 bits per heavy atom. The van der Waals surface area contributed by atoms with Crippen molar-refractivity contribution in [2.75, 3.05) is 0 Å². The Labute approximate surface area is 139 Å². The van der Waals surface area contributed by atoms with Crippen LogP contribution in [0.3, 0.4) is 0 Å². The van der Waals surface area contributed by atoms with Gasteiger partial charge in [-0.3, -0.25) is 0 Å². The van der Waals surface area contributed by atoms with Crippen LogP contribution in [0, 0.1) is 0 Å². The van der Waals surface area contributed by atoms with Gasteiger partial charge in [0.25, 0.3) is 0 Å². The minimum absolute atomic E-state index is 0. The van der Waals surface area contributed by atoms with Gasteiger partial charge in [-0.1, -0.05) is 79.9 Å². The van der Waals surface area contributed by atoms with E-state index in [0.29, 0.717) is 0 Å². The van der Waals surface area contributed by atoms with Crippen LogP contribution in [0.2, 0.25) is 0 Å². The fraction of sp³-hybridized carbons (Fsp3) is 0.429. The van der Waals surface area contributed by atoms with Crippen molar-refractivity contribution in [3.8, 4) is 0 Å². The molecule has 23 heavy (non-hydrogen) atoms. The van der Waals surface area contributed by atoms with Crippen molar-refractivity contribution >= 4 is 0 Å². The molecule has 1 heterocycles. The summed E-state index contributed by atoms with van der Waals surface area (Å²) in [4.78, 5) is 0. The molecule has 1 saturated heterocycles. The molecule has 1 spiro atoms. The van der Waals surface area contributed by atoms with Crippen LogP contribution in [-0.4, -0.2) is 11.2 Å². The molecule has 0 unspecified atom stereocenters. The van der Waals surface area contributed by atoms with Gasteiger partial charge in [0.2, 0.25) is 0 Å². The molecule has 1 aliphatic carbocycles. The first-order valence-electron chi connectivity index (χ1n) is 8.60. The van der Waals surface area contributed by atoms with E-state index in [0.717, 1.165) is 12.8 Å². The first-order valence-corrected chi connectivity index (χ1v) is 8.60. The molecule has 2 aromatic rings. The first kappa shape index (κ1) is 16.2. The lowest BCUT2D eigenvalue weighted by molar-refractivity contribution is 0.222. The normalized spacial score (nSPS) is 20.7. The van der Waals surface area contributed by atoms with Crippen molar-refractivity contribution in [2.45, 2.75) is 56.1 Å². The number of hydrogen-bond acceptors (Lipinski definition) is 2. The number of rotatable bonds is 4. The van der Waals surface area contributed by atoms with E-state index in [9.17, 15) is 0 Å². The third-order valence-electron chi connectivity index (χ3n) is 5.51. The zero-order valence-corrected chi connectivity index (χ0v) is 13.8. The largest absolute Gasteiger partial charge is 0.362 e. The van der Waals surface area contributed by atoms with Crippen LogP contribution in [0.5, 0.6) is 0 Å². The molecule has 0 aromatic heterocycles. The van der Waals surface area contributed by atoms with E-state index < -0.39 is 0 Å². The highest BCUT2D eigenvalue weighted by molar-refractivity contribution is 5.30. The molecule has 2 aliphatic rings. The molecule has 1 saturated carbocycles. The Morgan fingerprint density at radius 2 is 1.17 bits per heavy atom. The van der Waals surface area contributed by atoms with Gasteiger partial charge in [-0.15, -0.1) is 0 Å². The van der Waals surface area contributed by atoms with E-state index in [4.69, 9.17) is 4.74 Å². The molecule has 0 radical (unpaired) electrons. The Morgan fingerprint density at radius 1 is 0.696 bits per heavy atom. The standard InChI is InChI=1S/C21H24O.H3N/c1-4-10-18(11-5-1)16-21(17-19-12-6-2-7-13-19)20(22-21)14-8-3-9-15-20;/h1-2,4-7,10-13H,3,8-9,14-17H2;1H3. The summed E-state index contributed by atoms with van der Waals surface area (Å²) in [6, 6.07) is 21.7. The molecule has 4 rings (SSSR count). The summed E-state index contributed by atoms with van der Waals surface area (Å²) in [5.74, 6) is 0. The van der Waals surface area contributed by atoms with Crippen LogP contribution in [0.4, 0.5) is 0 Å². The molecule has 2 nitrogen and oxygen atoms in total. The summed E-state index contributed by atoms with van der Waals surface area (Å²) in [6.07, 6.45) is 8.60. The summed E-state index contributed by atoms with van der Waals surface area (Å²) < 4.78 is 6.54. The molecule has 0 atom stereocenters. The third-order valence-corrected chi connectivity index (χ3v) is 5.51.